The molecule has 0 unspecified atom stereocenters. The van der Waals surface area contributed by atoms with Crippen LogP contribution < -0.4 is 15.5 Å². The molecule has 41 heavy (non-hydrogen) atoms. The van der Waals surface area contributed by atoms with Crippen molar-refractivity contribution in [3.05, 3.63) is 65.7 Å². The van der Waals surface area contributed by atoms with Gasteiger partial charge in [0.25, 0.3) is 0 Å². The normalized spacial score (nSPS) is 20.4. The molecule has 4 rings (SSSR count). The Bertz CT molecular complexity index is 1130. The molecule has 224 valence electrons. The Morgan fingerprint density at radius 3 is 2.20 bits per heavy atom. The van der Waals surface area contributed by atoms with Crippen LogP contribution in [0.2, 0.25) is 0 Å². The third kappa shape index (κ3) is 10.3. The summed E-state index contributed by atoms with van der Waals surface area (Å²) in [5.41, 5.74) is 2.67. The van der Waals surface area contributed by atoms with Gasteiger partial charge in [-0.2, -0.15) is 13.2 Å². The fourth-order valence-electron chi connectivity index (χ4n) is 4.88. The van der Waals surface area contributed by atoms with Gasteiger partial charge >= 0.3 is 24.2 Å². The first kappa shape index (κ1) is 31.7. The number of esters is 1. The highest BCUT2D eigenvalue weighted by atomic mass is 19.4. The molecule has 0 bridgehead atoms. The minimum absolute atomic E-state index is 0.0786. The van der Waals surface area contributed by atoms with Crippen molar-refractivity contribution in [3.63, 3.8) is 0 Å². The summed E-state index contributed by atoms with van der Waals surface area (Å²) in [7, 11) is 0. The SMILES string of the molecule is CCOC(=O)c1ccc(N2CC[C@H](N[C@@H]3CCCC[C@H]3NC(=O)OCc3ccccc3)C2)cc1.O=C(O)C(F)(F)F. The highest BCUT2D eigenvalue weighted by Crippen LogP contribution is 2.24. The number of alkyl halides is 3. The molecule has 1 saturated heterocycles. The molecule has 1 saturated carbocycles. The molecule has 9 nitrogen and oxygen atoms in total. The monoisotopic (exact) mass is 579 g/mol. The minimum atomic E-state index is -5.08. The first-order valence-electron chi connectivity index (χ1n) is 13.6. The molecule has 0 aromatic heterocycles. The molecule has 1 heterocycles. The number of benzene rings is 2. The van der Waals surface area contributed by atoms with Crippen LogP contribution in [-0.4, -0.2) is 67.1 Å². The standard InChI is InChI=1S/C27H35N3O4.C2HF3O2/c1-2-33-26(31)21-12-14-23(15-13-21)30-17-16-22(18-30)28-24-10-6-7-11-25(24)29-27(32)34-19-20-8-4-3-5-9-20;3-2(4,5)1(6)7/h3-5,8-9,12-15,22,24-25,28H,2,6-7,10-11,16-19H2,1H3,(H,29,32);(H,6,7)/t22-,24+,25+;/m0./s1. The summed E-state index contributed by atoms with van der Waals surface area (Å²) in [6.07, 6.45) is -0.0942. The summed E-state index contributed by atoms with van der Waals surface area (Å²) in [4.78, 5) is 35.5. The van der Waals surface area contributed by atoms with E-state index >= 15 is 0 Å². The average molecular weight is 580 g/mol. The molecule has 2 aromatic rings. The fraction of sp³-hybridized carbons (Fsp3) is 0.483. The molecule has 2 fully saturated rings. The van der Waals surface area contributed by atoms with Crippen LogP contribution in [0.5, 0.6) is 0 Å². The maximum Gasteiger partial charge on any atom is 0.490 e. The minimum Gasteiger partial charge on any atom is -0.475 e. The summed E-state index contributed by atoms with van der Waals surface area (Å²) < 4.78 is 42.3. The van der Waals surface area contributed by atoms with E-state index in [9.17, 15) is 22.8 Å². The number of nitrogens with one attached hydrogen (secondary N) is 2. The smallest absolute Gasteiger partial charge is 0.475 e. The van der Waals surface area contributed by atoms with Crippen LogP contribution >= 0.6 is 0 Å². The van der Waals surface area contributed by atoms with Gasteiger partial charge < -0.3 is 30.1 Å². The third-order valence-electron chi connectivity index (χ3n) is 6.91. The highest BCUT2D eigenvalue weighted by Gasteiger charge is 2.38. The second kappa shape index (κ2) is 15.3. The van der Waals surface area contributed by atoms with Crippen molar-refractivity contribution in [2.24, 2.45) is 0 Å². The number of aliphatic carboxylic acids is 1. The lowest BCUT2D eigenvalue weighted by atomic mass is 9.89. The van der Waals surface area contributed by atoms with Gasteiger partial charge in [0.1, 0.15) is 6.61 Å². The van der Waals surface area contributed by atoms with Crippen molar-refractivity contribution in [2.45, 2.75) is 69.9 Å². The number of carboxylic acid groups (broad SMARTS) is 1. The largest absolute Gasteiger partial charge is 0.490 e. The van der Waals surface area contributed by atoms with Crippen LogP contribution in [0.1, 0.15) is 54.9 Å². The van der Waals surface area contributed by atoms with Crippen molar-refractivity contribution in [1.82, 2.24) is 10.6 Å². The van der Waals surface area contributed by atoms with Crippen molar-refractivity contribution < 1.29 is 42.1 Å². The zero-order chi connectivity index (χ0) is 29.8. The molecular formula is C29H36F3N3O6. The van der Waals surface area contributed by atoms with E-state index in [4.69, 9.17) is 19.4 Å². The number of carbonyl (C=O) groups is 3. The average Bonchev–Trinajstić information content (AvgIpc) is 3.42. The van der Waals surface area contributed by atoms with E-state index in [1.54, 1.807) is 0 Å². The number of ether oxygens (including phenoxy) is 2. The molecule has 12 heteroatoms. The van der Waals surface area contributed by atoms with Crippen molar-refractivity contribution in [1.29, 1.82) is 0 Å². The van der Waals surface area contributed by atoms with Crippen molar-refractivity contribution in [2.75, 3.05) is 24.6 Å². The first-order chi connectivity index (χ1) is 19.6. The van der Waals surface area contributed by atoms with Gasteiger partial charge in [-0.1, -0.05) is 43.2 Å². The number of hydrogen-bond acceptors (Lipinski definition) is 7. The summed E-state index contributed by atoms with van der Waals surface area (Å²) in [6.45, 7) is 4.33. The zero-order valence-electron chi connectivity index (χ0n) is 22.9. The maximum absolute atomic E-state index is 12.4. The van der Waals surface area contributed by atoms with E-state index in [2.05, 4.69) is 15.5 Å². The summed E-state index contributed by atoms with van der Waals surface area (Å²) in [6, 6.07) is 18.1. The van der Waals surface area contributed by atoms with E-state index < -0.39 is 12.1 Å². The molecule has 0 spiro atoms. The van der Waals surface area contributed by atoms with E-state index in [1.165, 1.54) is 6.42 Å². The lowest BCUT2D eigenvalue weighted by Gasteiger charge is -2.34. The Balaban J connectivity index is 0.000000587. The van der Waals surface area contributed by atoms with Crippen molar-refractivity contribution in [3.8, 4) is 0 Å². The lowest BCUT2D eigenvalue weighted by molar-refractivity contribution is -0.192. The number of carbonyl (C=O) groups excluding carboxylic acids is 2. The van der Waals surface area contributed by atoms with Gasteiger partial charge in [-0.25, -0.2) is 14.4 Å². The van der Waals surface area contributed by atoms with Crippen molar-refractivity contribution >= 4 is 23.7 Å². The zero-order valence-corrected chi connectivity index (χ0v) is 22.9. The predicted octanol–water partition coefficient (Wildman–Crippen LogP) is 4.90. The van der Waals surface area contributed by atoms with Gasteiger partial charge in [0.2, 0.25) is 0 Å². The molecule has 3 atom stereocenters. The number of anilines is 1. The lowest BCUT2D eigenvalue weighted by Crippen LogP contribution is -2.54. The molecule has 3 N–H and O–H groups in total. The van der Waals surface area contributed by atoms with Crippen LogP contribution in [-0.2, 0) is 20.9 Å². The number of amides is 1. The molecule has 0 radical (unpaired) electrons. The van der Waals surface area contributed by atoms with Crippen LogP contribution in [0.4, 0.5) is 23.7 Å². The third-order valence-corrected chi connectivity index (χ3v) is 6.91. The fourth-order valence-corrected chi connectivity index (χ4v) is 4.88. The predicted molar refractivity (Wildman–Crippen MR) is 146 cm³/mol. The maximum atomic E-state index is 12.4. The number of alkyl carbamates (subject to hydrolysis) is 1. The first-order valence-corrected chi connectivity index (χ1v) is 13.6. The number of carboxylic acids is 1. The van der Waals surface area contributed by atoms with E-state index in [1.807, 2.05) is 61.5 Å². The van der Waals surface area contributed by atoms with E-state index in [0.717, 1.165) is 50.0 Å². The number of hydrogen-bond donors (Lipinski definition) is 3. The Morgan fingerprint density at radius 2 is 1.59 bits per heavy atom. The van der Waals surface area contributed by atoms with E-state index in [-0.39, 0.29) is 30.8 Å². The van der Waals surface area contributed by atoms with Gasteiger partial charge in [0, 0.05) is 36.9 Å². The Labute approximate surface area is 237 Å². The van der Waals surface area contributed by atoms with Crippen LogP contribution in [0.3, 0.4) is 0 Å². The molecular weight excluding hydrogens is 543 g/mol. The Hall–Kier alpha value is -3.80. The van der Waals surface area contributed by atoms with Gasteiger partial charge in [0.15, 0.2) is 0 Å². The molecule has 1 amide bonds. The molecule has 1 aliphatic carbocycles. The van der Waals surface area contributed by atoms with E-state index in [0.29, 0.717) is 18.2 Å². The molecule has 2 aromatic carbocycles. The van der Waals surface area contributed by atoms with Gasteiger partial charge in [0.05, 0.1) is 12.2 Å². The second-order valence-electron chi connectivity index (χ2n) is 9.87. The second-order valence-corrected chi connectivity index (χ2v) is 9.87. The molecule has 2 aliphatic rings. The van der Waals surface area contributed by atoms with Crippen LogP contribution in [0, 0.1) is 0 Å². The van der Waals surface area contributed by atoms with Gasteiger partial charge in [-0.05, 0) is 56.0 Å². The number of rotatable bonds is 8. The number of halogens is 3. The number of nitrogens with zero attached hydrogens (tertiary/aromatic N) is 1. The van der Waals surface area contributed by atoms with Crippen LogP contribution in [0.15, 0.2) is 54.6 Å². The summed E-state index contributed by atoms with van der Waals surface area (Å²) in [5, 5.41) is 14.0. The topological polar surface area (TPSA) is 117 Å². The quantitative estimate of drug-likeness (QED) is 0.378. The van der Waals surface area contributed by atoms with Gasteiger partial charge in [-0.3, -0.25) is 0 Å². The highest BCUT2D eigenvalue weighted by molar-refractivity contribution is 5.89. The van der Waals surface area contributed by atoms with Crippen LogP contribution in [0.25, 0.3) is 0 Å². The summed E-state index contributed by atoms with van der Waals surface area (Å²) >= 11 is 0. The summed E-state index contributed by atoms with van der Waals surface area (Å²) in [5.74, 6) is -3.04. The molecule has 1 aliphatic heterocycles. The van der Waals surface area contributed by atoms with Gasteiger partial charge in [-0.15, -0.1) is 0 Å². The Kier molecular flexibility index (Phi) is 11.8. The Morgan fingerprint density at radius 1 is 0.951 bits per heavy atom.